The van der Waals surface area contributed by atoms with Gasteiger partial charge < -0.3 is 0 Å². The molecule has 56 valence electrons. The summed E-state index contributed by atoms with van der Waals surface area (Å²) in [5, 5.41) is 0. The van der Waals surface area contributed by atoms with Gasteiger partial charge in [-0.15, -0.1) is 0 Å². The summed E-state index contributed by atoms with van der Waals surface area (Å²) in [6.07, 6.45) is 0. The molecule has 0 amide bonds. The molecule has 0 radical (unpaired) electrons. The van der Waals surface area contributed by atoms with E-state index in [0.29, 0.717) is 21.2 Å². The Labute approximate surface area is 75.1 Å². The van der Waals surface area contributed by atoms with Crippen LogP contribution in [0.25, 0.3) is 0 Å². The Morgan fingerprint density at radius 2 is 2.30 bits per heavy atom. The van der Waals surface area contributed by atoms with Crippen molar-refractivity contribution in [3.8, 4) is 0 Å². The van der Waals surface area contributed by atoms with Crippen molar-refractivity contribution in [2.75, 3.05) is 0 Å². The van der Waals surface area contributed by atoms with Gasteiger partial charge in [0, 0.05) is 0 Å². The second-order valence-corrected chi connectivity index (χ2v) is 7.80. The van der Waals surface area contributed by atoms with Crippen LogP contribution in [0, 0.1) is 0 Å². The molecule has 0 aliphatic carbocycles. The molecule has 2 heterocycles. The van der Waals surface area contributed by atoms with Gasteiger partial charge in [0.15, 0.2) is 0 Å². The van der Waals surface area contributed by atoms with Crippen molar-refractivity contribution in [2.45, 2.75) is 21.7 Å². The Bertz CT molecular complexity index is 223. The number of hydrogen-bond donors (Lipinski definition) is 0. The predicted octanol–water partition coefficient (Wildman–Crippen LogP) is -0.632. The Morgan fingerprint density at radius 3 is 3.00 bits per heavy atom. The van der Waals surface area contributed by atoms with E-state index in [1.54, 1.807) is 4.88 Å². The first kappa shape index (κ1) is 7.03. The molecule has 1 aromatic heterocycles. The molecule has 0 bridgehead atoms. The van der Waals surface area contributed by atoms with E-state index < -0.39 is 0 Å². The third-order valence-corrected chi connectivity index (χ3v) is 6.56. The zero-order valence-electron chi connectivity index (χ0n) is 5.97. The van der Waals surface area contributed by atoms with Gasteiger partial charge in [-0.05, 0) is 0 Å². The molecule has 1 nitrogen and oxygen atoms in total. The molecule has 3 heteroatoms. The van der Waals surface area contributed by atoms with Crippen LogP contribution < -0.4 is 21.2 Å². The first-order valence-electron chi connectivity index (χ1n) is 3.34. The molecule has 10 heavy (non-hydrogen) atoms. The van der Waals surface area contributed by atoms with Gasteiger partial charge in [0.25, 0.3) is 0 Å². The summed E-state index contributed by atoms with van der Waals surface area (Å²) >= 11 is 2.21. The fraction of sp³-hybridized carbons (Fsp3) is 0.571. The zero-order valence-corrected chi connectivity index (χ0v) is 8.94. The number of nitrogens with zero attached hydrogens (tertiary/aromatic N) is 1. The summed E-state index contributed by atoms with van der Waals surface area (Å²) in [4.78, 5) is 5.94. The van der Waals surface area contributed by atoms with E-state index in [0.717, 1.165) is 7.85 Å². The van der Waals surface area contributed by atoms with E-state index in [4.69, 9.17) is 0 Å². The first-order valence-corrected chi connectivity index (χ1v) is 6.71. The molecule has 1 aliphatic rings. The topological polar surface area (TPSA) is 12.9 Å². The maximum absolute atomic E-state index is 4.37. The van der Waals surface area contributed by atoms with Gasteiger partial charge >= 0.3 is 75.3 Å². The number of aromatic nitrogens is 1. The molecule has 1 aliphatic heterocycles. The van der Waals surface area contributed by atoms with Crippen molar-refractivity contribution < 1.29 is 21.2 Å². The van der Waals surface area contributed by atoms with Gasteiger partial charge in [-0.25, -0.2) is 0 Å². The quantitative estimate of drug-likeness (QED) is 0.450. The summed E-state index contributed by atoms with van der Waals surface area (Å²) in [6, 6.07) is 0. The zero-order chi connectivity index (χ0) is 7.14. The number of alkyl halides is 2. The number of halogens is 1. The van der Waals surface area contributed by atoms with Crippen molar-refractivity contribution in [3.05, 3.63) is 16.1 Å². The van der Waals surface area contributed by atoms with Crippen LogP contribution >= 0.6 is 11.3 Å². The third-order valence-electron chi connectivity index (χ3n) is 1.74. The van der Waals surface area contributed by atoms with Crippen LogP contribution in [0.1, 0.15) is 32.3 Å². The van der Waals surface area contributed by atoms with Crippen molar-refractivity contribution in [1.29, 1.82) is 0 Å². The third kappa shape index (κ3) is 0.906. The van der Waals surface area contributed by atoms with Crippen molar-refractivity contribution >= 4 is 11.3 Å². The van der Waals surface area contributed by atoms with E-state index in [1.807, 2.05) is 16.8 Å². The minimum absolute atomic E-state index is 0.372. The van der Waals surface area contributed by atoms with E-state index in [1.165, 1.54) is 5.69 Å². The molecule has 0 saturated carbocycles. The van der Waals surface area contributed by atoms with E-state index in [9.17, 15) is 0 Å². The van der Waals surface area contributed by atoms with Gasteiger partial charge in [0.1, 0.15) is 0 Å². The molecule has 0 N–H and O–H groups in total. The molecule has 0 aromatic carbocycles. The molecule has 0 spiro atoms. The second-order valence-electron chi connectivity index (χ2n) is 2.46. The Hall–Kier alpha value is 0.360. The molecule has 0 fully saturated rings. The van der Waals surface area contributed by atoms with Gasteiger partial charge in [-0.1, -0.05) is 0 Å². The average Bonchev–Trinajstić information content (AvgIpc) is 2.39. The van der Waals surface area contributed by atoms with E-state index >= 15 is 0 Å². The van der Waals surface area contributed by atoms with Gasteiger partial charge in [0.2, 0.25) is 0 Å². The van der Waals surface area contributed by atoms with Crippen LogP contribution in [0.2, 0.25) is 0 Å². The van der Waals surface area contributed by atoms with Crippen LogP contribution in [0.15, 0.2) is 5.51 Å². The summed E-state index contributed by atoms with van der Waals surface area (Å²) in [5.74, 6) is 0. The standard InChI is InChI=1S/C7H9INS/c1-4-6-7(5(2)8-4)10-3-9-6/h3-5H,1-2H3/q-1. The summed E-state index contributed by atoms with van der Waals surface area (Å²) in [5.41, 5.74) is 3.39. The molecular formula is C7H9INS-. The summed E-state index contributed by atoms with van der Waals surface area (Å²) in [6.45, 7) is 4.66. The Balaban J connectivity index is 2.48. The summed E-state index contributed by atoms with van der Waals surface area (Å²) in [7, 11) is 0. The van der Waals surface area contributed by atoms with Crippen molar-refractivity contribution in [1.82, 2.24) is 4.98 Å². The van der Waals surface area contributed by atoms with E-state index in [2.05, 4.69) is 18.8 Å². The van der Waals surface area contributed by atoms with E-state index in [-0.39, 0.29) is 0 Å². The van der Waals surface area contributed by atoms with Crippen molar-refractivity contribution in [3.63, 3.8) is 0 Å². The first-order chi connectivity index (χ1) is 4.79. The van der Waals surface area contributed by atoms with Crippen LogP contribution in [0.4, 0.5) is 0 Å². The van der Waals surface area contributed by atoms with Crippen LogP contribution in [0.3, 0.4) is 0 Å². The second kappa shape index (κ2) is 2.44. The monoisotopic (exact) mass is 266 g/mol. The fourth-order valence-corrected chi connectivity index (χ4v) is 6.18. The molecule has 0 saturated heterocycles. The molecule has 2 unspecified atom stereocenters. The van der Waals surface area contributed by atoms with Gasteiger partial charge in [-0.2, -0.15) is 0 Å². The predicted molar refractivity (Wildman–Crippen MR) is 38.9 cm³/mol. The number of hydrogen-bond acceptors (Lipinski definition) is 2. The Morgan fingerprint density at radius 1 is 1.50 bits per heavy atom. The van der Waals surface area contributed by atoms with Gasteiger partial charge in [0.05, 0.1) is 0 Å². The maximum atomic E-state index is 4.37. The number of fused-ring (bicyclic) bond motifs is 1. The average molecular weight is 266 g/mol. The minimum atomic E-state index is 0.372. The molecule has 2 atom stereocenters. The van der Waals surface area contributed by atoms with Crippen molar-refractivity contribution in [2.24, 2.45) is 0 Å². The normalized spacial score (nSPS) is 31.4. The van der Waals surface area contributed by atoms with Gasteiger partial charge in [-0.3, -0.25) is 0 Å². The number of thiazole rings is 1. The number of rotatable bonds is 0. The molecule has 1 aromatic rings. The van der Waals surface area contributed by atoms with Crippen LogP contribution in [0.5, 0.6) is 0 Å². The molecule has 2 rings (SSSR count). The summed E-state index contributed by atoms with van der Waals surface area (Å²) < 4.78 is 1.69. The molecular weight excluding hydrogens is 257 g/mol. The Kier molecular flexibility index (Phi) is 1.72. The van der Waals surface area contributed by atoms with Crippen LogP contribution in [-0.2, 0) is 0 Å². The SMILES string of the molecule is CC1[I-]C(C)c2scnc21. The fourth-order valence-electron chi connectivity index (χ4n) is 1.26. The van der Waals surface area contributed by atoms with Crippen LogP contribution in [-0.4, -0.2) is 4.98 Å².